The summed E-state index contributed by atoms with van der Waals surface area (Å²) >= 11 is 6.07. The van der Waals surface area contributed by atoms with E-state index in [1.807, 2.05) is 19.1 Å². The Morgan fingerprint density at radius 3 is 2.50 bits per heavy atom. The van der Waals surface area contributed by atoms with Crippen LogP contribution in [0.15, 0.2) is 59.5 Å². The van der Waals surface area contributed by atoms with E-state index in [2.05, 4.69) is 0 Å². The molecule has 1 aliphatic rings. The molecule has 128 valence electrons. The Morgan fingerprint density at radius 2 is 1.88 bits per heavy atom. The Balaban J connectivity index is 2.01. The average Bonchev–Trinajstić information content (AvgIpc) is 3.21. The first-order valence-electron chi connectivity index (χ1n) is 7.82. The molecule has 0 radical (unpaired) electrons. The molecule has 4 nitrogen and oxygen atoms in total. The van der Waals surface area contributed by atoms with Crippen molar-refractivity contribution in [2.45, 2.75) is 28.5 Å². The largest absolute Gasteiger partial charge is 0.380 e. The number of benzene rings is 2. The highest BCUT2D eigenvalue weighted by Crippen LogP contribution is 2.56. The van der Waals surface area contributed by atoms with Crippen molar-refractivity contribution in [1.82, 2.24) is 0 Å². The van der Waals surface area contributed by atoms with Gasteiger partial charge in [0.05, 0.1) is 22.3 Å². The molecule has 0 saturated heterocycles. The van der Waals surface area contributed by atoms with Gasteiger partial charge in [-0.25, -0.2) is 8.42 Å². The van der Waals surface area contributed by atoms with Gasteiger partial charge in [0, 0.05) is 17.5 Å². The fourth-order valence-electron chi connectivity index (χ4n) is 3.28. The van der Waals surface area contributed by atoms with E-state index in [0.29, 0.717) is 11.6 Å². The molecule has 0 heterocycles. The van der Waals surface area contributed by atoms with Gasteiger partial charge in [-0.05, 0) is 36.8 Å². The van der Waals surface area contributed by atoms with E-state index in [1.54, 1.807) is 42.5 Å². The third-order valence-electron chi connectivity index (χ3n) is 4.47. The van der Waals surface area contributed by atoms with Crippen molar-refractivity contribution in [2.24, 2.45) is 5.73 Å². The molecule has 24 heavy (non-hydrogen) atoms. The first kappa shape index (κ1) is 17.4. The van der Waals surface area contributed by atoms with Crippen molar-refractivity contribution in [3.05, 3.63) is 65.2 Å². The lowest BCUT2D eigenvalue weighted by Crippen LogP contribution is -2.36. The Labute approximate surface area is 147 Å². The van der Waals surface area contributed by atoms with Crippen LogP contribution in [0.3, 0.4) is 0 Å². The highest BCUT2D eigenvalue weighted by atomic mass is 35.5. The van der Waals surface area contributed by atoms with Crippen molar-refractivity contribution in [3.63, 3.8) is 0 Å². The van der Waals surface area contributed by atoms with E-state index in [9.17, 15) is 8.42 Å². The molecule has 1 saturated carbocycles. The van der Waals surface area contributed by atoms with Crippen LogP contribution in [-0.4, -0.2) is 32.4 Å². The van der Waals surface area contributed by atoms with Gasteiger partial charge in [-0.15, -0.1) is 0 Å². The Kier molecular flexibility index (Phi) is 4.71. The van der Waals surface area contributed by atoms with Gasteiger partial charge in [0.1, 0.15) is 0 Å². The number of hydrogen-bond donors (Lipinski definition) is 1. The zero-order chi connectivity index (χ0) is 17.4. The molecule has 0 amide bonds. The second kappa shape index (κ2) is 6.48. The minimum atomic E-state index is -3.56. The summed E-state index contributed by atoms with van der Waals surface area (Å²) in [6.07, 6.45) is 0. The van der Waals surface area contributed by atoms with E-state index in [-0.39, 0.29) is 17.4 Å². The van der Waals surface area contributed by atoms with E-state index in [1.165, 1.54) is 0 Å². The SMILES string of the molecule is CCOC[C@]1(N)[C@H](c2cccc(Cl)c2)[C@@H]1S(=O)(=O)c1ccccc1. The summed E-state index contributed by atoms with van der Waals surface area (Å²) in [4.78, 5) is 0.283. The monoisotopic (exact) mass is 365 g/mol. The molecule has 0 unspecified atom stereocenters. The van der Waals surface area contributed by atoms with Crippen LogP contribution >= 0.6 is 11.6 Å². The van der Waals surface area contributed by atoms with Crippen LogP contribution in [0.4, 0.5) is 0 Å². The predicted molar refractivity (Wildman–Crippen MR) is 95.0 cm³/mol. The third-order valence-corrected chi connectivity index (χ3v) is 7.02. The lowest BCUT2D eigenvalue weighted by atomic mass is 10.1. The molecule has 1 aliphatic carbocycles. The Morgan fingerprint density at radius 1 is 1.17 bits per heavy atom. The van der Waals surface area contributed by atoms with Gasteiger partial charge in [-0.3, -0.25) is 0 Å². The summed E-state index contributed by atoms with van der Waals surface area (Å²) in [7, 11) is -3.56. The molecule has 3 atom stereocenters. The van der Waals surface area contributed by atoms with Gasteiger partial charge in [-0.1, -0.05) is 41.9 Å². The molecule has 0 spiro atoms. The smallest absolute Gasteiger partial charge is 0.183 e. The highest BCUT2D eigenvalue weighted by Gasteiger charge is 2.69. The maximum absolute atomic E-state index is 13.1. The lowest BCUT2D eigenvalue weighted by molar-refractivity contribution is 0.125. The molecule has 6 heteroatoms. The molecule has 0 aromatic heterocycles. The summed E-state index contributed by atoms with van der Waals surface area (Å²) in [5.74, 6) is -0.340. The molecule has 3 rings (SSSR count). The Hall–Kier alpha value is -1.40. The molecule has 2 aromatic rings. The van der Waals surface area contributed by atoms with Crippen LogP contribution in [0.1, 0.15) is 18.4 Å². The maximum Gasteiger partial charge on any atom is 0.183 e. The van der Waals surface area contributed by atoms with Crippen molar-refractivity contribution >= 4 is 21.4 Å². The van der Waals surface area contributed by atoms with Crippen LogP contribution in [0.5, 0.6) is 0 Å². The van der Waals surface area contributed by atoms with E-state index in [4.69, 9.17) is 22.1 Å². The maximum atomic E-state index is 13.1. The van der Waals surface area contributed by atoms with Crippen molar-refractivity contribution in [1.29, 1.82) is 0 Å². The standard InChI is InChI=1S/C18H20ClNO3S/c1-2-23-12-18(20)16(13-7-6-8-14(19)11-13)17(18)24(21,22)15-9-4-3-5-10-15/h3-11,16-17H,2,12,20H2,1H3/t16-,17+,18+/m1/s1. The average molecular weight is 366 g/mol. The zero-order valence-electron chi connectivity index (χ0n) is 13.4. The topological polar surface area (TPSA) is 69.4 Å². The van der Waals surface area contributed by atoms with Gasteiger partial charge in [-0.2, -0.15) is 0 Å². The van der Waals surface area contributed by atoms with E-state index < -0.39 is 20.6 Å². The van der Waals surface area contributed by atoms with Gasteiger partial charge in [0.2, 0.25) is 0 Å². The number of nitrogens with two attached hydrogens (primary N) is 1. The molecule has 1 fully saturated rings. The highest BCUT2D eigenvalue weighted by molar-refractivity contribution is 7.92. The quantitative estimate of drug-likeness (QED) is 0.854. The lowest BCUT2D eigenvalue weighted by Gasteiger charge is -2.12. The zero-order valence-corrected chi connectivity index (χ0v) is 14.9. The summed E-state index contributed by atoms with van der Waals surface area (Å²) < 4.78 is 31.6. The summed E-state index contributed by atoms with van der Waals surface area (Å²) in [5.41, 5.74) is 6.36. The number of ether oxygens (including phenoxy) is 1. The van der Waals surface area contributed by atoms with E-state index in [0.717, 1.165) is 5.56 Å². The molecule has 2 aromatic carbocycles. The number of rotatable bonds is 6. The van der Waals surface area contributed by atoms with Gasteiger partial charge in [0.15, 0.2) is 9.84 Å². The van der Waals surface area contributed by atoms with E-state index >= 15 is 0 Å². The number of halogens is 1. The molecular formula is C18H20ClNO3S. The minimum Gasteiger partial charge on any atom is -0.380 e. The summed E-state index contributed by atoms with van der Waals surface area (Å²) in [6.45, 7) is 2.54. The molecule has 0 aliphatic heterocycles. The van der Waals surface area contributed by atoms with Crippen molar-refractivity contribution in [2.75, 3.05) is 13.2 Å². The van der Waals surface area contributed by atoms with Gasteiger partial charge in [0.25, 0.3) is 0 Å². The predicted octanol–water partition coefficient (Wildman–Crippen LogP) is 3.01. The summed E-state index contributed by atoms with van der Waals surface area (Å²) in [6, 6.07) is 15.6. The first-order valence-corrected chi connectivity index (χ1v) is 9.74. The minimum absolute atomic E-state index is 0.192. The number of hydrogen-bond acceptors (Lipinski definition) is 4. The summed E-state index contributed by atoms with van der Waals surface area (Å²) in [5, 5.41) is -0.161. The fourth-order valence-corrected chi connectivity index (χ4v) is 5.79. The second-order valence-corrected chi connectivity index (χ2v) is 8.57. The number of sulfone groups is 1. The Bertz CT molecular complexity index is 825. The first-order chi connectivity index (χ1) is 11.4. The van der Waals surface area contributed by atoms with Crippen LogP contribution in [-0.2, 0) is 14.6 Å². The molecule has 2 N–H and O–H groups in total. The van der Waals surface area contributed by atoms with Crippen LogP contribution in [0, 0.1) is 0 Å². The fraction of sp³-hybridized carbons (Fsp3) is 0.333. The normalized spacial score (nSPS) is 26.3. The van der Waals surface area contributed by atoms with Crippen LogP contribution < -0.4 is 5.73 Å². The van der Waals surface area contributed by atoms with Gasteiger partial charge >= 0.3 is 0 Å². The molecular weight excluding hydrogens is 346 g/mol. The van der Waals surface area contributed by atoms with Crippen molar-refractivity contribution in [3.8, 4) is 0 Å². The van der Waals surface area contributed by atoms with Crippen LogP contribution in [0.2, 0.25) is 5.02 Å². The van der Waals surface area contributed by atoms with Crippen LogP contribution in [0.25, 0.3) is 0 Å². The second-order valence-electron chi connectivity index (χ2n) is 6.06. The third kappa shape index (κ3) is 2.97. The van der Waals surface area contributed by atoms with Gasteiger partial charge < -0.3 is 10.5 Å². The van der Waals surface area contributed by atoms with Crippen molar-refractivity contribution < 1.29 is 13.2 Å². The molecule has 0 bridgehead atoms.